The first-order chi connectivity index (χ1) is 13.1. The van der Waals surface area contributed by atoms with E-state index in [0.29, 0.717) is 12.3 Å². The molecule has 2 N–H and O–H groups in total. The Morgan fingerprint density at radius 3 is 2.78 bits per heavy atom. The first kappa shape index (κ1) is 19.0. The molecule has 3 rings (SSSR count). The predicted molar refractivity (Wildman–Crippen MR) is 106 cm³/mol. The minimum Gasteiger partial charge on any atom is -0.376 e. The Bertz CT molecular complexity index is 836. The number of hydrogen-bond acceptors (Lipinski definition) is 4. The molecule has 1 heterocycles. The number of hydrazone groups is 1. The van der Waals surface area contributed by atoms with E-state index in [0.717, 1.165) is 35.8 Å². The molecule has 0 aliphatic carbocycles. The Balaban J connectivity index is 1.47. The molecule has 1 aliphatic rings. The van der Waals surface area contributed by atoms with Crippen LogP contribution in [0.1, 0.15) is 31.7 Å². The minimum atomic E-state index is -0.203. The van der Waals surface area contributed by atoms with Gasteiger partial charge in [-0.25, -0.2) is 5.43 Å². The second-order valence-corrected chi connectivity index (χ2v) is 6.81. The zero-order valence-electron chi connectivity index (χ0n) is 15.5. The number of nitrogens with zero attached hydrogens (tertiary/aromatic N) is 1. The van der Waals surface area contributed by atoms with Crippen LogP contribution in [0.15, 0.2) is 47.6 Å². The van der Waals surface area contributed by atoms with Gasteiger partial charge in [0.05, 0.1) is 18.9 Å². The summed E-state index contributed by atoms with van der Waals surface area (Å²) in [6.45, 7) is 3.02. The van der Waals surface area contributed by atoms with Gasteiger partial charge in [-0.3, -0.25) is 9.59 Å². The fraction of sp³-hybridized carbons (Fsp3) is 0.381. The second-order valence-electron chi connectivity index (χ2n) is 6.81. The number of fused-ring (bicyclic) bond motifs is 1. The van der Waals surface area contributed by atoms with Crippen LogP contribution in [0.4, 0.5) is 0 Å². The van der Waals surface area contributed by atoms with Crippen LogP contribution >= 0.6 is 0 Å². The lowest BCUT2D eigenvalue weighted by Crippen LogP contribution is -2.33. The van der Waals surface area contributed by atoms with Crippen molar-refractivity contribution in [3.8, 4) is 0 Å². The topological polar surface area (TPSA) is 79.8 Å². The molecular formula is C21H25N3O3. The zero-order chi connectivity index (χ0) is 19.1. The summed E-state index contributed by atoms with van der Waals surface area (Å²) in [6, 6.07) is 13.9. The van der Waals surface area contributed by atoms with Gasteiger partial charge in [-0.05, 0) is 36.1 Å². The van der Waals surface area contributed by atoms with Crippen LogP contribution in [0, 0.1) is 0 Å². The van der Waals surface area contributed by atoms with Gasteiger partial charge in [-0.15, -0.1) is 0 Å². The smallest absolute Gasteiger partial charge is 0.244 e. The van der Waals surface area contributed by atoms with Gasteiger partial charge in [-0.2, -0.15) is 5.10 Å². The quantitative estimate of drug-likeness (QED) is 0.583. The molecule has 142 valence electrons. The molecule has 6 nitrogen and oxygen atoms in total. The van der Waals surface area contributed by atoms with Crippen LogP contribution in [0.2, 0.25) is 0 Å². The fourth-order valence-corrected chi connectivity index (χ4v) is 3.18. The Morgan fingerprint density at radius 2 is 1.96 bits per heavy atom. The molecule has 0 radical (unpaired) electrons. The van der Waals surface area contributed by atoms with E-state index in [1.807, 2.05) is 42.5 Å². The van der Waals surface area contributed by atoms with E-state index in [2.05, 4.69) is 15.8 Å². The van der Waals surface area contributed by atoms with E-state index in [1.54, 1.807) is 6.92 Å². The van der Waals surface area contributed by atoms with Crippen LogP contribution in [0.3, 0.4) is 0 Å². The molecule has 0 aromatic heterocycles. The Labute approximate surface area is 159 Å². The van der Waals surface area contributed by atoms with Crippen LogP contribution in [0.25, 0.3) is 10.8 Å². The van der Waals surface area contributed by atoms with E-state index in [-0.39, 0.29) is 30.8 Å². The molecule has 0 spiro atoms. The molecule has 0 saturated carbocycles. The van der Waals surface area contributed by atoms with Gasteiger partial charge < -0.3 is 10.1 Å². The number of hydrogen-bond donors (Lipinski definition) is 2. The average Bonchev–Trinajstić information content (AvgIpc) is 3.19. The molecule has 1 atom stereocenters. The fourth-order valence-electron chi connectivity index (χ4n) is 3.18. The van der Waals surface area contributed by atoms with E-state index in [4.69, 9.17) is 4.74 Å². The highest BCUT2D eigenvalue weighted by molar-refractivity contribution is 6.00. The zero-order valence-corrected chi connectivity index (χ0v) is 15.5. The standard InChI is InChI=1S/C21H25N3O3/c1-15(12-20(25)22-14-18-9-5-11-27-18)23-24-21(26)13-17-8-4-7-16-6-2-3-10-19(16)17/h2-4,6-8,10,18H,5,9,11-14H2,1H3,(H,22,25)(H,24,26). The maximum absolute atomic E-state index is 12.2. The van der Waals surface area contributed by atoms with Gasteiger partial charge >= 0.3 is 0 Å². The molecule has 2 aromatic carbocycles. The second kappa shape index (κ2) is 9.28. The third kappa shape index (κ3) is 5.62. The van der Waals surface area contributed by atoms with E-state index in [9.17, 15) is 9.59 Å². The Kier molecular flexibility index (Phi) is 6.54. The first-order valence-electron chi connectivity index (χ1n) is 9.29. The molecule has 1 saturated heterocycles. The number of ether oxygens (including phenoxy) is 1. The van der Waals surface area contributed by atoms with Crippen molar-refractivity contribution in [1.82, 2.24) is 10.7 Å². The molecular weight excluding hydrogens is 342 g/mol. The van der Waals surface area contributed by atoms with Gasteiger partial charge in [0.1, 0.15) is 0 Å². The lowest BCUT2D eigenvalue weighted by molar-refractivity contribution is -0.121. The molecule has 2 amide bonds. The summed E-state index contributed by atoms with van der Waals surface area (Å²) in [7, 11) is 0. The van der Waals surface area contributed by atoms with Crippen molar-refractivity contribution >= 4 is 28.3 Å². The summed E-state index contributed by atoms with van der Waals surface area (Å²) >= 11 is 0. The number of amides is 2. The minimum absolute atomic E-state index is 0.116. The predicted octanol–water partition coefficient (Wildman–Crippen LogP) is 2.56. The summed E-state index contributed by atoms with van der Waals surface area (Å²) in [5, 5.41) is 9.05. The van der Waals surface area contributed by atoms with Crippen LogP contribution in [-0.4, -0.2) is 36.8 Å². The summed E-state index contributed by atoms with van der Waals surface area (Å²) in [5.41, 5.74) is 4.06. The third-order valence-electron chi connectivity index (χ3n) is 4.57. The monoisotopic (exact) mass is 367 g/mol. The van der Waals surface area contributed by atoms with Gasteiger partial charge in [0.15, 0.2) is 0 Å². The molecule has 2 aromatic rings. The summed E-state index contributed by atoms with van der Waals surface area (Å²) in [6.07, 6.45) is 2.54. The van der Waals surface area contributed by atoms with Crippen LogP contribution in [0.5, 0.6) is 0 Å². The largest absolute Gasteiger partial charge is 0.376 e. The first-order valence-corrected chi connectivity index (χ1v) is 9.29. The number of carbonyl (C=O) groups is 2. The summed E-state index contributed by atoms with van der Waals surface area (Å²) in [5.74, 6) is -0.319. The van der Waals surface area contributed by atoms with E-state index in [1.165, 1.54) is 0 Å². The van der Waals surface area contributed by atoms with Gasteiger partial charge in [0, 0.05) is 18.9 Å². The highest BCUT2D eigenvalue weighted by atomic mass is 16.5. The lowest BCUT2D eigenvalue weighted by Gasteiger charge is -2.10. The molecule has 1 fully saturated rings. The summed E-state index contributed by atoms with van der Waals surface area (Å²) in [4.78, 5) is 24.1. The van der Waals surface area contributed by atoms with Crippen LogP contribution in [-0.2, 0) is 20.7 Å². The van der Waals surface area contributed by atoms with Crippen molar-refractivity contribution in [3.05, 3.63) is 48.0 Å². The van der Waals surface area contributed by atoms with Gasteiger partial charge in [-0.1, -0.05) is 42.5 Å². The number of rotatable bonds is 7. The molecule has 6 heteroatoms. The SMILES string of the molecule is CC(CC(=O)NCC1CCCO1)=NNC(=O)Cc1cccc2ccccc12. The Morgan fingerprint density at radius 1 is 1.15 bits per heavy atom. The average molecular weight is 367 g/mol. The van der Waals surface area contributed by atoms with E-state index >= 15 is 0 Å². The highest BCUT2D eigenvalue weighted by Crippen LogP contribution is 2.18. The van der Waals surface area contributed by atoms with Crippen molar-refractivity contribution in [1.29, 1.82) is 0 Å². The van der Waals surface area contributed by atoms with Gasteiger partial charge in [0.25, 0.3) is 0 Å². The van der Waals surface area contributed by atoms with Crippen molar-refractivity contribution in [2.24, 2.45) is 5.10 Å². The number of benzene rings is 2. The third-order valence-corrected chi connectivity index (χ3v) is 4.57. The van der Waals surface area contributed by atoms with Crippen molar-refractivity contribution in [3.63, 3.8) is 0 Å². The van der Waals surface area contributed by atoms with Crippen molar-refractivity contribution < 1.29 is 14.3 Å². The van der Waals surface area contributed by atoms with Crippen LogP contribution < -0.4 is 10.7 Å². The molecule has 27 heavy (non-hydrogen) atoms. The highest BCUT2D eigenvalue weighted by Gasteiger charge is 2.16. The van der Waals surface area contributed by atoms with Gasteiger partial charge in [0.2, 0.25) is 11.8 Å². The maximum atomic E-state index is 12.2. The normalized spacial score (nSPS) is 17.1. The molecule has 0 bridgehead atoms. The molecule has 1 aliphatic heterocycles. The molecule has 1 unspecified atom stereocenters. The van der Waals surface area contributed by atoms with Crippen molar-refractivity contribution in [2.75, 3.05) is 13.2 Å². The number of carbonyl (C=O) groups excluding carboxylic acids is 2. The summed E-state index contributed by atoms with van der Waals surface area (Å²) < 4.78 is 5.47. The number of nitrogens with one attached hydrogen (secondary N) is 2. The van der Waals surface area contributed by atoms with E-state index < -0.39 is 0 Å². The Hall–Kier alpha value is -2.73. The lowest BCUT2D eigenvalue weighted by atomic mass is 10.0. The maximum Gasteiger partial charge on any atom is 0.244 e. The van der Waals surface area contributed by atoms with Crippen molar-refractivity contribution in [2.45, 2.75) is 38.7 Å².